The number of nitrogens with one attached hydrogen (secondary N) is 2. The number of carbonyl (C=O) groups excluding carboxylic acids is 2. The molecule has 40 heavy (non-hydrogen) atoms. The van der Waals surface area contributed by atoms with Gasteiger partial charge in [0, 0.05) is 18.3 Å². The Morgan fingerprint density at radius 2 is 1.77 bits per heavy atom. The first-order valence-corrected chi connectivity index (χ1v) is 11.7. The van der Waals surface area contributed by atoms with E-state index < -0.39 is 36.3 Å². The van der Waals surface area contributed by atoms with Crippen LogP contribution < -0.4 is 10.6 Å². The smallest absolute Gasteiger partial charge is 0.355 e. The maximum atomic E-state index is 13.6. The van der Waals surface area contributed by atoms with Crippen molar-refractivity contribution in [3.63, 3.8) is 0 Å². The maximum Gasteiger partial charge on any atom is 0.461 e. The number of pyridine rings is 1. The number of alkyl halides is 5. The number of halogens is 7. The fourth-order valence-corrected chi connectivity index (χ4v) is 3.95. The third-order valence-corrected chi connectivity index (χ3v) is 5.85. The van der Waals surface area contributed by atoms with E-state index >= 15 is 0 Å². The van der Waals surface area contributed by atoms with Crippen LogP contribution in [-0.4, -0.2) is 60.0 Å². The fraction of sp³-hybridized carbons (Fsp3) is 0.227. The summed E-state index contributed by atoms with van der Waals surface area (Å²) in [6.07, 6.45) is -4.57. The molecule has 1 aromatic carbocycles. The van der Waals surface area contributed by atoms with Crippen LogP contribution in [0.25, 0.3) is 5.82 Å². The highest BCUT2D eigenvalue weighted by Crippen LogP contribution is 2.41. The summed E-state index contributed by atoms with van der Waals surface area (Å²) in [6, 6.07) is 7.05. The summed E-state index contributed by atoms with van der Waals surface area (Å²) in [6.45, 7) is 1.05. The summed E-state index contributed by atoms with van der Waals surface area (Å²) in [5.41, 5.74) is 0.408. The van der Waals surface area contributed by atoms with Gasteiger partial charge in [-0.2, -0.15) is 31.8 Å². The molecule has 4 aromatic rings. The van der Waals surface area contributed by atoms with Gasteiger partial charge >= 0.3 is 12.1 Å². The SMILES string of the molecule is CNC(=O)c1cc(Cl)cc(C)c1NC(=O)c1cc(Cn2nnc(C(F)(F)C(F)(F)F)n2)nn1-c1ncccc1Cl. The minimum atomic E-state index is -5.93. The van der Waals surface area contributed by atoms with Gasteiger partial charge in [-0.05, 0) is 48.0 Å². The standard InChI is InChI=1S/C22H16Cl2F5N9O2/c1-10-6-11(23)7-13(18(39)30-2)16(10)32-19(40)15-8-12(34-38(15)17-14(24)4-3-5-31-17)9-37-35-20(33-36-37)21(25,26)22(27,28)29/h3-8H,9H2,1-2H3,(H,30,39)(H,32,40). The number of rotatable bonds is 7. The molecule has 0 aliphatic carbocycles. The summed E-state index contributed by atoms with van der Waals surface area (Å²) < 4.78 is 66.3. The van der Waals surface area contributed by atoms with Gasteiger partial charge in [0.1, 0.15) is 12.2 Å². The van der Waals surface area contributed by atoms with Crippen LogP contribution in [0.15, 0.2) is 36.5 Å². The van der Waals surface area contributed by atoms with Gasteiger partial charge in [-0.3, -0.25) is 9.59 Å². The van der Waals surface area contributed by atoms with Gasteiger partial charge in [-0.25, -0.2) is 9.67 Å². The Morgan fingerprint density at radius 3 is 2.42 bits per heavy atom. The summed E-state index contributed by atoms with van der Waals surface area (Å²) in [7, 11) is 1.39. The zero-order chi connectivity index (χ0) is 29.4. The molecule has 0 saturated carbocycles. The second-order valence-electron chi connectivity index (χ2n) is 8.14. The molecule has 4 rings (SSSR count). The number of carbonyl (C=O) groups is 2. The quantitative estimate of drug-likeness (QED) is 0.303. The number of benzene rings is 1. The van der Waals surface area contributed by atoms with E-state index in [2.05, 4.69) is 36.1 Å². The van der Waals surface area contributed by atoms with Gasteiger partial charge in [0.15, 0.2) is 5.82 Å². The van der Waals surface area contributed by atoms with Gasteiger partial charge in [0.25, 0.3) is 17.6 Å². The average Bonchev–Trinajstić information content (AvgIpc) is 3.52. The highest BCUT2D eigenvalue weighted by atomic mass is 35.5. The minimum Gasteiger partial charge on any atom is -0.355 e. The van der Waals surface area contributed by atoms with E-state index in [1.165, 1.54) is 43.6 Å². The number of aryl methyl sites for hydroxylation is 1. The van der Waals surface area contributed by atoms with Crippen LogP contribution in [0.3, 0.4) is 0 Å². The second kappa shape index (κ2) is 10.8. The number of hydrogen-bond acceptors (Lipinski definition) is 7. The molecule has 2 amide bonds. The lowest BCUT2D eigenvalue weighted by Gasteiger charge is -2.14. The summed E-state index contributed by atoms with van der Waals surface area (Å²) in [5, 5.41) is 18.8. The predicted molar refractivity (Wildman–Crippen MR) is 131 cm³/mol. The maximum absolute atomic E-state index is 13.6. The first-order chi connectivity index (χ1) is 18.7. The molecule has 3 heterocycles. The van der Waals surface area contributed by atoms with Gasteiger partial charge in [0.05, 0.1) is 22.0 Å². The van der Waals surface area contributed by atoms with Crippen LogP contribution in [-0.2, 0) is 12.5 Å². The van der Waals surface area contributed by atoms with Crippen molar-refractivity contribution in [3.8, 4) is 5.82 Å². The van der Waals surface area contributed by atoms with E-state index in [1.807, 2.05) is 0 Å². The molecule has 18 heteroatoms. The van der Waals surface area contributed by atoms with Gasteiger partial charge in [-0.15, -0.1) is 10.2 Å². The molecule has 210 valence electrons. The molecule has 11 nitrogen and oxygen atoms in total. The molecule has 2 N–H and O–H groups in total. The number of anilines is 1. The summed E-state index contributed by atoms with van der Waals surface area (Å²) >= 11 is 12.3. The Balaban J connectivity index is 1.74. The lowest BCUT2D eigenvalue weighted by Crippen LogP contribution is -2.35. The molecule has 0 unspecified atom stereocenters. The number of tetrazole rings is 1. The highest BCUT2D eigenvalue weighted by molar-refractivity contribution is 6.32. The Kier molecular flexibility index (Phi) is 7.76. The molecule has 0 aliphatic heterocycles. The largest absolute Gasteiger partial charge is 0.461 e. The van der Waals surface area contributed by atoms with Gasteiger partial charge in [0.2, 0.25) is 0 Å². The van der Waals surface area contributed by atoms with Crippen molar-refractivity contribution in [2.45, 2.75) is 25.6 Å². The van der Waals surface area contributed by atoms with Crippen molar-refractivity contribution in [3.05, 3.63) is 74.9 Å². The van der Waals surface area contributed by atoms with Crippen LogP contribution in [0, 0.1) is 6.92 Å². The van der Waals surface area contributed by atoms with E-state index in [1.54, 1.807) is 6.92 Å². The van der Waals surface area contributed by atoms with Gasteiger partial charge in [-0.1, -0.05) is 23.2 Å². The van der Waals surface area contributed by atoms with Crippen molar-refractivity contribution in [1.82, 2.24) is 40.3 Å². The van der Waals surface area contributed by atoms with Crippen molar-refractivity contribution in [2.75, 3.05) is 12.4 Å². The molecule has 3 aromatic heterocycles. The van der Waals surface area contributed by atoms with Crippen molar-refractivity contribution in [1.29, 1.82) is 0 Å². The lowest BCUT2D eigenvalue weighted by atomic mass is 10.1. The first-order valence-electron chi connectivity index (χ1n) is 11.0. The normalized spacial score (nSPS) is 11.9. The molecule has 0 fully saturated rings. The average molecular weight is 604 g/mol. The molecule has 0 aliphatic rings. The van der Waals surface area contributed by atoms with Crippen molar-refractivity contribution >= 4 is 40.7 Å². The van der Waals surface area contributed by atoms with Gasteiger partial charge < -0.3 is 10.6 Å². The fourth-order valence-electron chi connectivity index (χ4n) is 3.47. The number of nitrogens with zero attached hydrogens (tertiary/aromatic N) is 7. The summed E-state index contributed by atoms with van der Waals surface area (Å²) in [5.74, 6) is -8.53. The second-order valence-corrected chi connectivity index (χ2v) is 8.98. The Bertz CT molecular complexity index is 1600. The predicted octanol–water partition coefficient (Wildman–Crippen LogP) is 4.18. The number of amides is 2. The highest BCUT2D eigenvalue weighted by Gasteiger charge is 2.62. The third kappa shape index (κ3) is 5.58. The number of hydrogen-bond donors (Lipinski definition) is 2. The monoisotopic (exact) mass is 603 g/mol. The Morgan fingerprint density at radius 1 is 1.05 bits per heavy atom. The molecule has 0 radical (unpaired) electrons. The van der Waals surface area contributed by atoms with E-state index in [0.29, 0.717) is 10.4 Å². The third-order valence-electron chi connectivity index (χ3n) is 5.34. The lowest BCUT2D eigenvalue weighted by molar-refractivity contribution is -0.292. The van der Waals surface area contributed by atoms with E-state index in [0.717, 1.165) is 4.68 Å². The number of aromatic nitrogens is 7. The topological polar surface area (TPSA) is 133 Å². The molecular weight excluding hydrogens is 588 g/mol. The zero-order valence-corrected chi connectivity index (χ0v) is 21.8. The van der Waals surface area contributed by atoms with Crippen LogP contribution in [0.5, 0.6) is 0 Å². The van der Waals surface area contributed by atoms with Crippen molar-refractivity contribution in [2.24, 2.45) is 0 Å². The Hall–Kier alpha value is -4.18. The zero-order valence-electron chi connectivity index (χ0n) is 20.3. The van der Waals surface area contributed by atoms with E-state index in [9.17, 15) is 31.5 Å². The molecule has 0 saturated heterocycles. The van der Waals surface area contributed by atoms with Crippen LogP contribution >= 0.6 is 23.2 Å². The molecule has 0 atom stereocenters. The molecule has 0 bridgehead atoms. The molecule has 0 spiro atoms. The first kappa shape index (κ1) is 28.8. The summed E-state index contributed by atoms with van der Waals surface area (Å²) in [4.78, 5) is 30.4. The Labute approximate surface area is 231 Å². The minimum absolute atomic E-state index is 0.00392. The van der Waals surface area contributed by atoms with E-state index in [-0.39, 0.29) is 38.5 Å². The van der Waals surface area contributed by atoms with Crippen molar-refractivity contribution < 1.29 is 31.5 Å². The van der Waals surface area contributed by atoms with Crippen LogP contribution in [0.2, 0.25) is 10.0 Å². The molecular formula is C22H16Cl2F5N9O2. The van der Waals surface area contributed by atoms with Crippen LogP contribution in [0.1, 0.15) is 37.9 Å². The van der Waals surface area contributed by atoms with E-state index in [4.69, 9.17) is 23.2 Å². The van der Waals surface area contributed by atoms with Crippen LogP contribution in [0.4, 0.5) is 27.6 Å².